The minimum Gasteiger partial charge on any atom is -0.483 e. The monoisotopic (exact) mass is 465 g/mol. The minimum absolute atomic E-state index is 0.134. The van der Waals surface area contributed by atoms with Gasteiger partial charge in [-0.05, 0) is 71.3 Å². The number of hydrogen-bond donors (Lipinski definition) is 1. The van der Waals surface area contributed by atoms with Crippen LogP contribution in [0.4, 0.5) is 5.00 Å². The zero-order valence-electron chi connectivity index (χ0n) is 16.3. The second-order valence-electron chi connectivity index (χ2n) is 6.96. The summed E-state index contributed by atoms with van der Waals surface area (Å²) in [7, 11) is 0. The van der Waals surface area contributed by atoms with Crippen molar-refractivity contribution in [3.63, 3.8) is 0 Å². The van der Waals surface area contributed by atoms with Crippen molar-refractivity contribution < 1.29 is 19.1 Å². The molecular formula is C21H24BrNO4S. The quantitative estimate of drug-likeness (QED) is 0.562. The molecule has 7 heteroatoms. The van der Waals surface area contributed by atoms with Gasteiger partial charge in [-0.25, -0.2) is 4.79 Å². The fraction of sp³-hybridized carbons (Fsp3) is 0.429. The number of amides is 1. The van der Waals surface area contributed by atoms with Crippen molar-refractivity contribution in [2.24, 2.45) is 0 Å². The first kappa shape index (κ1) is 20.9. The Hall–Kier alpha value is -1.86. The molecule has 0 fully saturated rings. The van der Waals surface area contributed by atoms with Crippen LogP contribution < -0.4 is 10.1 Å². The average Bonchev–Trinajstić information content (AvgIpc) is 3.21. The van der Waals surface area contributed by atoms with Crippen LogP contribution in [-0.4, -0.2) is 25.1 Å². The number of nitrogens with one attached hydrogen (secondary N) is 1. The fourth-order valence-corrected chi connectivity index (χ4v) is 5.02. The lowest BCUT2D eigenvalue weighted by molar-refractivity contribution is -0.118. The van der Waals surface area contributed by atoms with Crippen LogP contribution in [-0.2, 0) is 22.4 Å². The van der Waals surface area contributed by atoms with E-state index in [1.807, 2.05) is 18.2 Å². The summed E-state index contributed by atoms with van der Waals surface area (Å²) in [6.07, 6.45) is 2.82. The van der Waals surface area contributed by atoms with Crippen molar-refractivity contribution in [1.29, 1.82) is 0 Å². The van der Waals surface area contributed by atoms with Gasteiger partial charge in [-0.2, -0.15) is 0 Å². The van der Waals surface area contributed by atoms with Gasteiger partial charge in [0.15, 0.2) is 6.61 Å². The minimum atomic E-state index is -0.370. The number of rotatable bonds is 7. The number of ether oxygens (including phenoxy) is 2. The topological polar surface area (TPSA) is 64.6 Å². The summed E-state index contributed by atoms with van der Waals surface area (Å²) in [5.41, 5.74) is 2.72. The van der Waals surface area contributed by atoms with Gasteiger partial charge in [0.1, 0.15) is 10.8 Å². The number of benzene rings is 1. The Morgan fingerprint density at radius 3 is 2.75 bits per heavy atom. The molecule has 0 spiro atoms. The maximum Gasteiger partial charge on any atom is 0.341 e. The molecule has 1 heterocycles. The van der Waals surface area contributed by atoms with E-state index >= 15 is 0 Å². The van der Waals surface area contributed by atoms with Crippen LogP contribution in [0.25, 0.3) is 0 Å². The molecule has 1 aromatic heterocycles. The number of carbonyl (C=O) groups excluding carboxylic acids is 2. The van der Waals surface area contributed by atoms with E-state index in [2.05, 4.69) is 35.1 Å². The van der Waals surface area contributed by atoms with Crippen LogP contribution in [0.5, 0.6) is 5.75 Å². The summed E-state index contributed by atoms with van der Waals surface area (Å²) < 4.78 is 11.7. The molecular weight excluding hydrogens is 442 g/mol. The molecule has 2 aromatic rings. The number of anilines is 1. The Bertz CT molecular complexity index is 891. The molecule has 28 heavy (non-hydrogen) atoms. The molecule has 0 unspecified atom stereocenters. The second-order valence-corrected chi connectivity index (χ2v) is 8.92. The normalized spacial score (nSPS) is 12.8. The Balaban J connectivity index is 1.68. The molecule has 1 N–H and O–H groups in total. The lowest BCUT2D eigenvalue weighted by Gasteiger charge is -2.12. The molecule has 1 aromatic carbocycles. The van der Waals surface area contributed by atoms with Crippen molar-refractivity contribution in [3.8, 4) is 5.75 Å². The molecule has 0 aliphatic heterocycles. The highest BCUT2D eigenvalue weighted by Gasteiger charge is 2.28. The zero-order chi connectivity index (χ0) is 20.3. The number of carbonyl (C=O) groups is 2. The molecule has 1 aliphatic rings. The summed E-state index contributed by atoms with van der Waals surface area (Å²) in [5, 5.41) is 3.40. The average molecular weight is 466 g/mol. The zero-order valence-corrected chi connectivity index (χ0v) is 18.7. The van der Waals surface area contributed by atoms with Gasteiger partial charge in [0.05, 0.1) is 16.6 Å². The molecule has 0 atom stereocenters. The molecule has 3 rings (SSSR count). The highest BCUT2D eigenvalue weighted by Crippen LogP contribution is 2.39. The third kappa shape index (κ3) is 4.58. The van der Waals surface area contributed by atoms with Gasteiger partial charge in [-0.1, -0.05) is 19.9 Å². The summed E-state index contributed by atoms with van der Waals surface area (Å²) >= 11 is 4.96. The second kappa shape index (κ2) is 9.09. The predicted molar refractivity (Wildman–Crippen MR) is 115 cm³/mol. The van der Waals surface area contributed by atoms with E-state index in [4.69, 9.17) is 9.47 Å². The molecule has 5 nitrogen and oxygen atoms in total. The van der Waals surface area contributed by atoms with Gasteiger partial charge in [0.2, 0.25) is 0 Å². The van der Waals surface area contributed by atoms with E-state index in [-0.39, 0.29) is 18.5 Å². The standard InChI is InChI=1S/C21H24BrNO4S/c1-4-26-21(25)19-14-6-5-7-17(14)28-20(19)23-18(24)11-27-16-9-8-13(12(2)3)10-15(16)22/h8-10,12H,4-7,11H2,1-3H3,(H,23,24). The molecule has 1 amide bonds. The van der Waals surface area contributed by atoms with Gasteiger partial charge in [-0.15, -0.1) is 11.3 Å². The number of fused-ring (bicyclic) bond motifs is 1. The summed E-state index contributed by atoms with van der Waals surface area (Å²) in [6, 6.07) is 5.85. The Labute approximate surface area is 177 Å². The van der Waals surface area contributed by atoms with Crippen LogP contribution in [0.2, 0.25) is 0 Å². The van der Waals surface area contributed by atoms with Crippen LogP contribution in [0.15, 0.2) is 22.7 Å². The van der Waals surface area contributed by atoms with Crippen molar-refractivity contribution in [1.82, 2.24) is 0 Å². The third-order valence-electron chi connectivity index (χ3n) is 4.64. The predicted octanol–water partition coefficient (Wildman–Crippen LogP) is 5.32. The van der Waals surface area contributed by atoms with Crippen molar-refractivity contribution in [2.75, 3.05) is 18.5 Å². The summed E-state index contributed by atoms with van der Waals surface area (Å²) in [6.45, 7) is 6.19. The van der Waals surface area contributed by atoms with Crippen molar-refractivity contribution >= 4 is 44.1 Å². The lowest BCUT2D eigenvalue weighted by Crippen LogP contribution is -2.21. The Kier molecular flexibility index (Phi) is 6.78. The first-order valence-electron chi connectivity index (χ1n) is 9.44. The van der Waals surface area contributed by atoms with E-state index in [1.54, 1.807) is 6.92 Å². The van der Waals surface area contributed by atoms with Crippen LogP contribution in [0.3, 0.4) is 0 Å². The van der Waals surface area contributed by atoms with E-state index in [0.29, 0.717) is 28.8 Å². The molecule has 0 radical (unpaired) electrons. The lowest BCUT2D eigenvalue weighted by atomic mass is 10.0. The highest BCUT2D eigenvalue weighted by atomic mass is 79.9. The first-order valence-corrected chi connectivity index (χ1v) is 11.0. The molecule has 0 bridgehead atoms. The number of hydrogen-bond acceptors (Lipinski definition) is 5. The van der Waals surface area contributed by atoms with E-state index in [9.17, 15) is 9.59 Å². The smallest absolute Gasteiger partial charge is 0.341 e. The van der Waals surface area contributed by atoms with Crippen LogP contribution in [0.1, 0.15) is 59.5 Å². The number of esters is 1. The van der Waals surface area contributed by atoms with Gasteiger partial charge >= 0.3 is 5.97 Å². The number of aryl methyl sites for hydroxylation is 1. The molecule has 1 aliphatic carbocycles. The Morgan fingerprint density at radius 1 is 1.29 bits per heavy atom. The van der Waals surface area contributed by atoms with E-state index in [1.165, 1.54) is 16.9 Å². The number of halogens is 1. The Morgan fingerprint density at radius 2 is 2.07 bits per heavy atom. The van der Waals surface area contributed by atoms with E-state index in [0.717, 1.165) is 34.2 Å². The van der Waals surface area contributed by atoms with Gasteiger partial charge in [-0.3, -0.25) is 4.79 Å². The summed E-state index contributed by atoms with van der Waals surface area (Å²) in [5.74, 6) is 0.352. The molecule has 0 saturated carbocycles. The fourth-order valence-electron chi connectivity index (χ4n) is 3.21. The third-order valence-corrected chi connectivity index (χ3v) is 6.46. The maximum atomic E-state index is 12.4. The SMILES string of the molecule is CCOC(=O)c1c(NC(=O)COc2ccc(C(C)C)cc2Br)sc2c1CCC2. The summed E-state index contributed by atoms with van der Waals surface area (Å²) in [4.78, 5) is 26.0. The van der Waals surface area contributed by atoms with Gasteiger partial charge in [0, 0.05) is 4.88 Å². The largest absolute Gasteiger partial charge is 0.483 e. The van der Waals surface area contributed by atoms with Crippen LogP contribution in [0, 0.1) is 0 Å². The number of thiophene rings is 1. The molecule has 0 saturated heterocycles. The van der Waals surface area contributed by atoms with E-state index < -0.39 is 0 Å². The first-order chi connectivity index (χ1) is 13.4. The van der Waals surface area contributed by atoms with Gasteiger partial charge in [0.25, 0.3) is 5.91 Å². The van der Waals surface area contributed by atoms with Crippen molar-refractivity contribution in [2.45, 2.75) is 46.0 Å². The van der Waals surface area contributed by atoms with Crippen LogP contribution >= 0.6 is 27.3 Å². The van der Waals surface area contributed by atoms with Crippen molar-refractivity contribution in [3.05, 3.63) is 44.2 Å². The molecule has 150 valence electrons. The van der Waals surface area contributed by atoms with Gasteiger partial charge < -0.3 is 14.8 Å². The maximum absolute atomic E-state index is 12.4. The highest BCUT2D eigenvalue weighted by molar-refractivity contribution is 9.10.